The van der Waals surface area contributed by atoms with Gasteiger partial charge < -0.3 is 5.11 Å². The number of hydrogen-bond acceptors (Lipinski definition) is 1. The molecule has 5 heteroatoms. The highest BCUT2D eigenvalue weighted by Crippen LogP contribution is 2.28. The summed E-state index contributed by atoms with van der Waals surface area (Å²) in [6, 6.07) is 3.33. The Morgan fingerprint density at radius 1 is 1.31 bits per heavy atom. The summed E-state index contributed by atoms with van der Waals surface area (Å²) in [6.45, 7) is -0.365. The quantitative estimate of drug-likeness (QED) is 0.634. The van der Waals surface area contributed by atoms with Gasteiger partial charge in [0.1, 0.15) is 7.85 Å². The maximum absolute atomic E-state index is 12.2. The van der Waals surface area contributed by atoms with Crippen molar-refractivity contribution in [1.82, 2.24) is 0 Å². The lowest BCUT2D eigenvalue weighted by Gasteiger charge is -2.09. The number of hydrogen-bond donors (Lipinski definition) is 1. The third kappa shape index (κ3) is 2.24. The Hall–Kier alpha value is -0.965. The molecule has 1 N–H and O–H groups in total. The number of alkyl halides is 3. The Morgan fingerprint density at radius 3 is 2.38 bits per heavy atom. The molecular weight excluding hydrogens is 180 g/mol. The molecule has 0 aromatic heterocycles. The molecule has 13 heavy (non-hydrogen) atoms. The summed E-state index contributed by atoms with van der Waals surface area (Å²) in [5, 5.41) is 8.74. The van der Waals surface area contributed by atoms with Crippen LogP contribution in [0.2, 0.25) is 0 Å². The van der Waals surface area contributed by atoms with Gasteiger partial charge in [-0.3, -0.25) is 0 Å². The molecule has 0 radical (unpaired) electrons. The summed E-state index contributed by atoms with van der Waals surface area (Å²) >= 11 is 0. The molecule has 70 valence electrons. The Morgan fingerprint density at radius 2 is 1.92 bits per heavy atom. The predicted octanol–water partition coefficient (Wildman–Crippen LogP) is 0.456. The molecule has 0 aliphatic rings. The van der Waals surface area contributed by atoms with Gasteiger partial charge in [-0.25, -0.2) is 0 Å². The van der Waals surface area contributed by atoms with E-state index in [2.05, 4.69) is 0 Å². The van der Waals surface area contributed by atoms with Crippen LogP contribution in [-0.2, 0) is 12.8 Å². The molecule has 0 heterocycles. The molecule has 1 rings (SSSR count). The van der Waals surface area contributed by atoms with Gasteiger partial charge in [-0.1, -0.05) is 17.6 Å². The second-order valence-corrected chi connectivity index (χ2v) is 2.80. The Balaban J connectivity index is 3.14. The molecule has 1 nitrogen and oxygen atoms in total. The first-order chi connectivity index (χ1) is 5.95. The largest absolute Gasteiger partial charge is 0.416 e. The van der Waals surface area contributed by atoms with E-state index in [1.807, 2.05) is 0 Å². The predicted molar refractivity (Wildman–Crippen MR) is 45.5 cm³/mol. The van der Waals surface area contributed by atoms with Crippen molar-refractivity contribution >= 4 is 13.3 Å². The third-order valence-corrected chi connectivity index (χ3v) is 1.85. The lowest BCUT2D eigenvalue weighted by atomic mass is 9.89. The van der Waals surface area contributed by atoms with Crippen LogP contribution in [0.4, 0.5) is 13.2 Å². The summed E-state index contributed by atoms with van der Waals surface area (Å²) < 4.78 is 36.5. The fourth-order valence-electron chi connectivity index (χ4n) is 1.02. The van der Waals surface area contributed by atoms with Gasteiger partial charge in [0.15, 0.2) is 0 Å². The van der Waals surface area contributed by atoms with Crippen molar-refractivity contribution < 1.29 is 18.3 Å². The lowest BCUT2D eigenvalue weighted by molar-refractivity contribution is -0.137. The van der Waals surface area contributed by atoms with Crippen LogP contribution in [0, 0.1) is 0 Å². The Bertz CT molecular complexity index is 309. The molecule has 0 unspecified atom stereocenters. The van der Waals surface area contributed by atoms with Crippen molar-refractivity contribution in [1.29, 1.82) is 0 Å². The van der Waals surface area contributed by atoms with Gasteiger partial charge in [0, 0.05) is 0 Å². The second kappa shape index (κ2) is 3.42. The third-order valence-electron chi connectivity index (χ3n) is 1.85. The smallest absolute Gasteiger partial charge is 0.392 e. The van der Waals surface area contributed by atoms with E-state index in [-0.39, 0.29) is 6.61 Å². The molecule has 0 saturated heterocycles. The van der Waals surface area contributed by atoms with Gasteiger partial charge in [-0.15, -0.1) is 0 Å². The number of aliphatic hydroxyl groups is 1. The normalized spacial score (nSPS) is 11.7. The fourth-order valence-corrected chi connectivity index (χ4v) is 1.02. The lowest BCUT2D eigenvalue weighted by Crippen LogP contribution is -2.14. The number of benzene rings is 1. The van der Waals surface area contributed by atoms with Gasteiger partial charge in [0.05, 0.1) is 12.2 Å². The minimum atomic E-state index is -4.34. The summed E-state index contributed by atoms with van der Waals surface area (Å²) in [7, 11) is 1.66. The zero-order valence-electron chi connectivity index (χ0n) is 7.02. The average Bonchev–Trinajstić information content (AvgIpc) is 2.03. The van der Waals surface area contributed by atoms with Crippen molar-refractivity contribution in [3.05, 3.63) is 29.3 Å². The van der Waals surface area contributed by atoms with Crippen LogP contribution < -0.4 is 5.46 Å². The standard InChI is InChI=1S/C8H8BF3O/c9-7-2-1-6(8(10,11)12)3-5(7)4-13/h1-3,13H,4,9H2. The van der Waals surface area contributed by atoms with Crippen molar-refractivity contribution in [3.8, 4) is 0 Å². The topological polar surface area (TPSA) is 20.2 Å². The van der Waals surface area contributed by atoms with Crippen LogP contribution in [-0.4, -0.2) is 13.0 Å². The maximum Gasteiger partial charge on any atom is 0.416 e. The molecule has 0 bridgehead atoms. The minimum Gasteiger partial charge on any atom is -0.392 e. The molecule has 0 atom stereocenters. The molecule has 1 aromatic carbocycles. The molecule has 0 saturated carbocycles. The van der Waals surface area contributed by atoms with Crippen molar-refractivity contribution in [2.45, 2.75) is 12.8 Å². The van der Waals surface area contributed by atoms with Crippen molar-refractivity contribution in [3.63, 3.8) is 0 Å². The first-order valence-corrected chi connectivity index (χ1v) is 3.72. The fraction of sp³-hybridized carbons (Fsp3) is 0.250. The van der Waals surface area contributed by atoms with E-state index in [1.165, 1.54) is 6.07 Å². The van der Waals surface area contributed by atoms with Crippen molar-refractivity contribution in [2.24, 2.45) is 0 Å². The first kappa shape index (κ1) is 10.1. The summed E-state index contributed by atoms with van der Waals surface area (Å²) in [5.41, 5.74) is 0.257. The maximum atomic E-state index is 12.2. The van der Waals surface area contributed by atoms with Gasteiger partial charge >= 0.3 is 6.18 Å². The monoisotopic (exact) mass is 188 g/mol. The van der Waals surface area contributed by atoms with E-state index >= 15 is 0 Å². The van der Waals surface area contributed by atoms with Crippen LogP contribution >= 0.6 is 0 Å². The second-order valence-electron chi connectivity index (χ2n) is 2.80. The van der Waals surface area contributed by atoms with E-state index in [0.29, 0.717) is 11.0 Å². The highest BCUT2D eigenvalue weighted by Gasteiger charge is 2.30. The van der Waals surface area contributed by atoms with Crippen molar-refractivity contribution in [2.75, 3.05) is 0 Å². The number of rotatable bonds is 1. The van der Waals surface area contributed by atoms with E-state index in [0.717, 1.165) is 12.1 Å². The molecule has 0 fully saturated rings. The molecule has 0 aliphatic heterocycles. The van der Waals surface area contributed by atoms with Gasteiger partial charge in [0.2, 0.25) is 0 Å². The van der Waals surface area contributed by atoms with Gasteiger partial charge in [-0.05, 0) is 11.6 Å². The average molecular weight is 188 g/mol. The summed E-state index contributed by atoms with van der Waals surface area (Å²) in [6.07, 6.45) is -4.34. The van der Waals surface area contributed by atoms with Crippen LogP contribution in [0.5, 0.6) is 0 Å². The number of aliphatic hydroxyl groups excluding tert-OH is 1. The summed E-state index contributed by atoms with van der Waals surface area (Å²) in [4.78, 5) is 0. The first-order valence-electron chi connectivity index (χ1n) is 3.72. The Kier molecular flexibility index (Phi) is 2.66. The van der Waals surface area contributed by atoms with Gasteiger partial charge in [0.25, 0.3) is 0 Å². The molecule has 0 spiro atoms. The van der Waals surface area contributed by atoms with Crippen LogP contribution in [0.3, 0.4) is 0 Å². The molecule has 0 amide bonds. The van der Waals surface area contributed by atoms with E-state index in [1.54, 1.807) is 7.85 Å². The zero-order valence-corrected chi connectivity index (χ0v) is 7.02. The number of halogens is 3. The van der Waals surface area contributed by atoms with Crippen LogP contribution in [0.25, 0.3) is 0 Å². The SMILES string of the molecule is Bc1ccc(C(F)(F)F)cc1CO. The van der Waals surface area contributed by atoms with E-state index in [9.17, 15) is 13.2 Å². The highest BCUT2D eigenvalue weighted by atomic mass is 19.4. The summed E-state index contributed by atoms with van der Waals surface area (Å²) in [5.74, 6) is 0. The molecule has 0 aliphatic carbocycles. The van der Waals surface area contributed by atoms with E-state index in [4.69, 9.17) is 5.11 Å². The van der Waals surface area contributed by atoms with Crippen LogP contribution in [0.15, 0.2) is 18.2 Å². The van der Waals surface area contributed by atoms with Crippen LogP contribution in [0.1, 0.15) is 11.1 Å². The highest BCUT2D eigenvalue weighted by molar-refractivity contribution is 6.33. The Labute approximate surface area is 74.6 Å². The van der Waals surface area contributed by atoms with Gasteiger partial charge in [-0.2, -0.15) is 13.2 Å². The zero-order chi connectivity index (χ0) is 10.1. The molecular formula is C8H8BF3O. The molecule has 1 aromatic rings. The minimum absolute atomic E-state index is 0.315. The van der Waals surface area contributed by atoms with E-state index < -0.39 is 11.7 Å².